The first-order valence-corrected chi connectivity index (χ1v) is 8.22. The fourth-order valence-corrected chi connectivity index (χ4v) is 3.61. The van der Waals surface area contributed by atoms with E-state index in [9.17, 15) is 0 Å². The van der Waals surface area contributed by atoms with E-state index in [2.05, 4.69) is 58.0 Å². The molecular formula is C16H26BrN3. The second-order valence-corrected chi connectivity index (χ2v) is 7.00. The predicted molar refractivity (Wildman–Crippen MR) is 90.4 cm³/mol. The first-order chi connectivity index (χ1) is 9.47. The molecule has 0 spiro atoms. The molecule has 0 bridgehead atoms. The maximum atomic E-state index is 5.87. The molecule has 1 aromatic rings. The zero-order valence-corrected chi connectivity index (χ0v) is 14.4. The molecule has 2 N–H and O–H groups in total. The normalized spacial score (nSPS) is 18.6. The molecule has 1 heterocycles. The molecule has 1 aromatic carbocycles. The highest BCUT2D eigenvalue weighted by molar-refractivity contribution is 9.10. The van der Waals surface area contributed by atoms with Crippen molar-refractivity contribution in [3.63, 3.8) is 0 Å². The average molecular weight is 340 g/mol. The quantitative estimate of drug-likeness (QED) is 0.915. The maximum absolute atomic E-state index is 5.87. The molecule has 1 aliphatic rings. The van der Waals surface area contributed by atoms with E-state index in [1.807, 2.05) is 6.92 Å². The number of benzene rings is 1. The summed E-state index contributed by atoms with van der Waals surface area (Å²) in [4.78, 5) is 4.83. The van der Waals surface area contributed by atoms with Crippen LogP contribution in [0.15, 0.2) is 22.7 Å². The van der Waals surface area contributed by atoms with E-state index < -0.39 is 0 Å². The number of hydrogen-bond donors (Lipinski definition) is 1. The van der Waals surface area contributed by atoms with E-state index in [4.69, 9.17) is 5.73 Å². The highest BCUT2D eigenvalue weighted by Crippen LogP contribution is 2.30. The SMILES string of the molecule is CC(N)Cc1ccc(N2CCC(N(C)C)CC2)c(Br)c1. The van der Waals surface area contributed by atoms with Crippen LogP contribution in [0.5, 0.6) is 0 Å². The van der Waals surface area contributed by atoms with Gasteiger partial charge in [0.05, 0.1) is 5.69 Å². The van der Waals surface area contributed by atoms with Gasteiger partial charge in [-0.25, -0.2) is 0 Å². The Morgan fingerprint density at radius 2 is 2.00 bits per heavy atom. The Morgan fingerprint density at radius 1 is 1.35 bits per heavy atom. The number of piperidine rings is 1. The van der Waals surface area contributed by atoms with Crippen molar-refractivity contribution >= 4 is 21.6 Å². The van der Waals surface area contributed by atoms with E-state index in [0.717, 1.165) is 25.6 Å². The van der Waals surface area contributed by atoms with Crippen molar-refractivity contribution in [3.8, 4) is 0 Å². The number of nitrogens with two attached hydrogens (primary N) is 1. The molecule has 1 saturated heterocycles. The minimum absolute atomic E-state index is 0.212. The maximum Gasteiger partial charge on any atom is 0.0510 e. The summed E-state index contributed by atoms with van der Waals surface area (Å²) in [6.45, 7) is 4.32. The van der Waals surface area contributed by atoms with Crippen LogP contribution in [0.4, 0.5) is 5.69 Å². The Kier molecular flexibility index (Phi) is 5.47. The Labute approximate surface area is 131 Å². The first kappa shape index (κ1) is 15.8. The van der Waals surface area contributed by atoms with Crippen molar-refractivity contribution in [2.75, 3.05) is 32.1 Å². The number of anilines is 1. The molecule has 1 fully saturated rings. The molecule has 20 heavy (non-hydrogen) atoms. The molecule has 0 saturated carbocycles. The molecule has 0 aromatic heterocycles. The lowest BCUT2D eigenvalue weighted by Crippen LogP contribution is -2.42. The molecule has 0 aliphatic carbocycles. The second-order valence-electron chi connectivity index (χ2n) is 6.15. The zero-order valence-electron chi connectivity index (χ0n) is 12.8. The van der Waals surface area contributed by atoms with Gasteiger partial charge in [-0.3, -0.25) is 0 Å². The first-order valence-electron chi connectivity index (χ1n) is 7.42. The zero-order chi connectivity index (χ0) is 14.7. The van der Waals surface area contributed by atoms with Gasteiger partial charge in [-0.15, -0.1) is 0 Å². The standard InChI is InChI=1S/C16H26BrN3/c1-12(18)10-13-4-5-16(15(17)11-13)20-8-6-14(7-9-20)19(2)3/h4-5,11-12,14H,6-10,18H2,1-3H3. The van der Waals surface area contributed by atoms with Crippen LogP contribution in [0.3, 0.4) is 0 Å². The molecular weight excluding hydrogens is 314 g/mol. The average Bonchev–Trinajstić information content (AvgIpc) is 2.38. The third-order valence-corrected chi connectivity index (χ3v) is 4.74. The van der Waals surface area contributed by atoms with E-state index in [1.165, 1.54) is 28.6 Å². The number of nitrogens with zero attached hydrogens (tertiary/aromatic N) is 2. The van der Waals surface area contributed by atoms with Crippen molar-refractivity contribution in [1.29, 1.82) is 0 Å². The molecule has 1 unspecified atom stereocenters. The summed E-state index contributed by atoms with van der Waals surface area (Å²) in [5.41, 5.74) is 8.49. The monoisotopic (exact) mass is 339 g/mol. The third kappa shape index (κ3) is 3.96. The van der Waals surface area contributed by atoms with Gasteiger partial charge in [0, 0.05) is 29.6 Å². The smallest absolute Gasteiger partial charge is 0.0510 e. The molecule has 0 amide bonds. The van der Waals surface area contributed by atoms with Crippen LogP contribution in [0.2, 0.25) is 0 Å². The Bertz CT molecular complexity index is 437. The summed E-state index contributed by atoms with van der Waals surface area (Å²) < 4.78 is 1.19. The molecule has 0 radical (unpaired) electrons. The number of halogens is 1. The van der Waals surface area contributed by atoms with E-state index in [0.29, 0.717) is 0 Å². The third-order valence-electron chi connectivity index (χ3n) is 4.11. The van der Waals surface area contributed by atoms with Crippen LogP contribution in [0.1, 0.15) is 25.3 Å². The predicted octanol–water partition coefficient (Wildman–Crippen LogP) is 2.87. The van der Waals surface area contributed by atoms with Gasteiger partial charge in [-0.05, 0) is 73.9 Å². The largest absolute Gasteiger partial charge is 0.371 e. The second kappa shape index (κ2) is 6.92. The van der Waals surface area contributed by atoms with Crippen LogP contribution >= 0.6 is 15.9 Å². The van der Waals surface area contributed by atoms with E-state index in [-0.39, 0.29) is 6.04 Å². The van der Waals surface area contributed by atoms with E-state index >= 15 is 0 Å². The van der Waals surface area contributed by atoms with Crippen molar-refractivity contribution in [2.45, 2.75) is 38.3 Å². The van der Waals surface area contributed by atoms with Gasteiger partial charge in [0.1, 0.15) is 0 Å². The lowest BCUT2D eigenvalue weighted by atomic mass is 10.0. The summed E-state index contributed by atoms with van der Waals surface area (Å²) in [5.74, 6) is 0. The summed E-state index contributed by atoms with van der Waals surface area (Å²) >= 11 is 3.72. The summed E-state index contributed by atoms with van der Waals surface area (Å²) in [6, 6.07) is 7.60. The molecule has 1 atom stereocenters. The van der Waals surface area contributed by atoms with Gasteiger partial charge < -0.3 is 15.5 Å². The van der Waals surface area contributed by atoms with Crippen LogP contribution in [-0.4, -0.2) is 44.2 Å². The number of rotatable bonds is 4. The van der Waals surface area contributed by atoms with Gasteiger partial charge in [0.15, 0.2) is 0 Å². The van der Waals surface area contributed by atoms with Crippen LogP contribution in [-0.2, 0) is 6.42 Å². The van der Waals surface area contributed by atoms with Gasteiger partial charge in [-0.1, -0.05) is 6.07 Å². The summed E-state index contributed by atoms with van der Waals surface area (Å²) in [7, 11) is 4.36. The van der Waals surface area contributed by atoms with Crippen molar-refractivity contribution < 1.29 is 0 Å². The van der Waals surface area contributed by atoms with Crippen LogP contribution in [0, 0.1) is 0 Å². The van der Waals surface area contributed by atoms with Gasteiger partial charge in [0.25, 0.3) is 0 Å². The highest BCUT2D eigenvalue weighted by Gasteiger charge is 2.21. The Hall–Kier alpha value is -0.580. The van der Waals surface area contributed by atoms with Gasteiger partial charge in [0.2, 0.25) is 0 Å². The molecule has 1 aliphatic heterocycles. The van der Waals surface area contributed by atoms with Crippen molar-refractivity contribution in [1.82, 2.24) is 4.90 Å². The minimum Gasteiger partial charge on any atom is -0.371 e. The molecule has 2 rings (SSSR count). The summed E-state index contributed by atoms with van der Waals surface area (Å²) in [6.07, 6.45) is 3.41. The van der Waals surface area contributed by atoms with Gasteiger partial charge >= 0.3 is 0 Å². The highest BCUT2D eigenvalue weighted by atomic mass is 79.9. The molecule has 3 nitrogen and oxygen atoms in total. The molecule has 4 heteroatoms. The fourth-order valence-electron chi connectivity index (χ4n) is 2.93. The van der Waals surface area contributed by atoms with Crippen LogP contribution < -0.4 is 10.6 Å². The Balaban J connectivity index is 2.03. The Morgan fingerprint density at radius 3 is 2.50 bits per heavy atom. The van der Waals surface area contributed by atoms with Crippen molar-refractivity contribution in [3.05, 3.63) is 28.2 Å². The molecule has 112 valence electrons. The minimum atomic E-state index is 0.212. The summed E-state index contributed by atoms with van der Waals surface area (Å²) in [5, 5.41) is 0. The fraction of sp³-hybridized carbons (Fsp3) is 0.625. The topological polar surface area (TPSA) is 32.5 Å². The van der Waals surface area contributed by atoms with Gasteiger partial charge in [-0.2, -0.15) is 0 Å². The van der Waals surface area contributed by atoms with Crippen molar-refractivity contribution in [2.24, 2.45) is 5.73 Å². The lowest BCUT2D eigenvalue weighted by Gasteiger charge is -2.37. The van der Waals surface area contributed by atoms with Crippen LogP contribution in [0.25, 0.3) is 0 Å². The van der Waals surface area contributed by atoms with E-state index in [1.54, 1.807) is 0 Å². The number of hydrogen-bond acceptors (Lipinski definition) is 3. The lowest BCUT2D eigenvalue weighted by molar-refractivity contribution is 0.249.